The van der Waals surface area contributed by atoms with Gasteiger partial charge >= 0.3 is 0 Å². The quantitative estimate of drug-likeness (QED) is 0.230. The van der Waals surface area contributed by atoms with Crippen molar-refractivity contribution >= 4 is 8.07 Å². The zero-order valence-electron chi connectivity index (χ0n) is 16.4. The molecule has 0 saturated carbocycles. The minimum absolute atomic E-state index is 0.248. The predicted octanol–water partition coefficient (Wildman–Crippen LogP) is 6.40. The van der Waals surface area contributed by atoms with E-state index in [1.54, 1.807) is 0 Å². The lowest BCUT2D eigenvalue weighted by molar-refractivity contribution is 0.112. The van der Waals surface area contributed by atoms with Crippen molar-refractivity contribution in [2.45, 2.75) is 109 Å². The van der Waals surface area contributed by atoms with E-state index in [0.717, 1.165) is 13.0 Å². The zero-order chi connectivity index (χ0) is 17.2. The minimum atomic E-state index is -0.784. The summed E-state index contributed by atoms with van der Waals surface area (Å²) in [4.78, 5) is 0. The second-order valence-electron chi connectivity index (χ2n) is 8.24. The normalized spacial score (nSPS) is 12.0. The molecule has 3 heteroatoms. The van der Waals surface area contributed by atoms with E-state index in [9.17, 15) is 0 Å². The Morgan fingerprint density at radius 1 is 0.565 bits per heavy atom. The highest BCUT2D eigenvalue weighted by molar-refractivity contribution is 6.76. The van der Waals surface area contributed by atoms with E-state index >= 15 is 0 Å². The number of ether oxygens (including phenoxy) is 1. The maximum absolute atomic E-state index is 8.63. The van der Waals surface area contributed by atoms with E-state index in [0.29, 0.717) is 6.61 Å². The van der Waals surface area contributed by atoms with Gasteiger partial charge in [0, 0.05) is 27.9 Å². The zero-order valence-corrected chi connectivity index (χ0v) is 17.4. The van der Waals surface area contributed by atoms with Crippen molar-refractivity contribution in [3.8, 4) is 0 Å². The molecule has 0 aliphatic rings. The maximum atomic E-state index is 8.63. The van der Waals surface area contributed by atoms with Crippen LogP contribution in [0.15, 0.2) is 0 Å². The second-order valence-corrected chi connectivity index (χ2v) is 13.9. The minimum Gasteiger partial charge on any atom is -0.396 e. The summed E-state index contributed by atoms with van der Waals surface area (Å²) >= 11 is 0. The second kappa shape index (κ2) is 17.0. The number of hydrogen-bond acceptors (Lipinski definition) is 2. The highest BCUT2D eigenvalue weighted by Gasteiger charge is 2.11. The van der Waals surface area contributed by atoms with Crippen molar-refractivity contribution in [3.63, 3.8) is 0 Å². The first-order valence-corrected chi connectivity index (χ1v) is 14.0. The van der Waals surface area contributed by atoms with Crippen LogP contribution in [-0.4, -0.2) is 33.0 Å². The van der Waals surface area contributed by atoms with E-state index in [2.05, 4.69) is 19.6 Å². The fraction of sp³-hybridized carbons (Fsp3) is 1.00. The summed E-state index contributed by atoms with van der Waals surface area (Å²) < 4.78 is 5.43. The van der Waals surface area contributed by atoms with Crippen LogP contribution in [0.3, 0.4) is 0 Å². The van der Waals surface area contributed by atoms with Crippen LogP contribution >= 0.6 is 0 Å². The van der Waals surface area contributed by atoms with Gasteiger partial charge in [-0.05, 0) is 12.8 Å². The Morgan fingerprint density at radius 3 is 1.39 bits per heavy atom. The van der Waals surface area contributed by atoms with Gasteiger partial charge in [0.25, 0.3) is 0 Å². The molecule has 23 heavy (non-hydrogen) atoms. The standard InChI is InChI=1S/C20H44O2Si/c1-23(2,3)20-15-13-11-9-7-5-4-6-8-10-12-14-18-22-19-16-17-21/h21H,4-20H2,1-3H3. The SMILES string of the molecule is C[Si](C)(C)CCCCCCCCCCCCCCOCCCO. The van der Waals surface area contributed by atoms with Crippen molar-refractivity contribution < 1.29 is 9.84 Å². The lowest BCUT2D eigenvalue weighted by Crippen LogP contribution is -2.18. The van der Waals surface area contributed by atoms with Crippen molar-refractivity contribution in [2.24, 2.45) is 0 Å². The molecule has 2 nitrogen and oxygen atoms in total. The lowest BCUT2D eigenvalue weighted by atomic mass is 10.1. The van der Waals surface area contributed by atoms with Gasteiger partial charge in [0.15, 0.2) is 0 Å². The molecule has 0 fully saturated rings. The third kappa shape index (κ3) is 22.1. The summed E-state index contributed by atoms with van der Waals surface area (Å²) in [5.41, 5.74) is 0. The topological polar surface area (TPSA) is 29.5 Å². The monoisotopic (exact) mass is 344 g/mol. The molecule has 0 aromatic carbocycles. The summed E-state index contributed by atoms with van der Waals surface area (Å²) in [6, 6.07) is 1.51. The molecule has 0 rings (SSSR count). The highest BCUT2D eigenvalue weighted by Crippen LogP contribution is 2.16. The van der Waals surface area contributed by atoms with E-state index in [1.807, 2.05) is 0 Å². The van der Waals surface area contributed by atoms with E-state index in [-0.39, 0.29) is 6.61 Å². The van der Waals surface area contributed by atoms with Crippen molar-refractivity contribution in [1.82, 2.24) is 0 Å². The number of aliphatic hydroxyl groups excluding tert-OH is 1. The Morgan fingerprint density at radius 2 is 0.957 bits per heavy atom. The smallest absolute Gasteiger partial charge is 0.0487 e. The maximum Gasteiger partial charge on any atom is 0.0487 e. The molecule has 1 N–H and O–H groups in total. The van der Waals surface area contributed by atoms with Gasteiger partial charge in [0.05, 0.1) is 0 Å². The summed E-state index contributed by atoms with van der Waals surface area (Å²) in [5.74, 6) is 0. The Kier molecular flexibility index (Phi) is 17.1. The van der Waals surface area contributed by atoms with Gasteiger partial charge in [0.2, 0.25) is 0 Å². The fourth-order valence-electron chi connectivity index (χ4n) is 2.90. The molecule has 0 unspecified atom stereocenters. The summed E-state index contributed by atoms with van der Waals surface area (Å²) in [5, 5.41) is 8.63. The van der Waals surface area contributed by atoms with Crippen LogP contribution in [0.1, 0.15) is 83.5 Å². The van der Waals surface area contributed by atoms with Crippen molar-refractivity contribution in [3.05, 3.63) is 0 Å². The van der Waals surface area contributed by atoms with Crippen LogP contribution in [-0.2, 0) is 4.74 Å². The molecule has 0 atom stereocenters. The molecule has 0 radical (unpaired) electrons. The molecule has 0 heterocycles. The highest BCUT2D eigenvalue weighted by atomic mass is 28.3. The van der Waals surface area contributed by atoms with Gasteiger partial charge in [-0.2, -0.15) is 0 Å². The van der Waals surface area contributed by atoms with Crippen molar-refractivity contribution in [2.75, 3.05) is 19.8 Å². The Balaban J connectivity index is 3.00. The van der Waals surface area contributed by atoms with Gasteiger partial charge in [-0.15, -0.1) is 0 Å². The Bertz CT molecular complexity index is 226. The van der Waals surface area contributed by atoms with Crippen LogP contribution < -0.4 is 0 Å². The number of rotatable bonds is 18. The molecule has 0 saturated heterocycles. The summed E-state index contributed by atoms with van der Waals surface area (Å²) in [6.07, 6.45) is 17.6. The third-order valence-corrected chi connectivity index (χ3v) is 6.27. The Labute approximate surface area is 147 Å². The Hall–Kier alpha value is 0.137. The summed E-state index contributed by atoms with van der Waals surface area (Å²) in [7, 11) is -0.784. The summed E-state index contributed by atoms with van der Waals surface area (Å²) in [6.45, 7) is 9.29. The first-order valence-electron chi connectivity index (χ1n) is 10.2. The molecular formula is C20H44O2Si. The molecule has 0 spiro atoms. The van der Waals surface area contributed by atoms with E-state index in [1.165, 1.54) is 83.1 Å². The van der Waals surface area contributed by atoms with Gasteiger partial charge in [0.1, 0.15) is 0 Å². The first kappa shape index (κ1) is 23.1. The molecule has 0 amide bonds. The van der Waals surface area contributed by atoms with Crippen LogP contribution in [0, 0.1) is 0 Å². The molecule has 0 aromatic rings. The lowest BCUT2D eigenvalue weighted by Gasteiger charge is -2.14. The van der Waals surface area contributed by atoms with Crippen LogP contribution in [0.25, 0.3) is 0 Å². The van der Waals surface area contributed by atoms with Crippen molar-refractivity contribution in [1.29, 1.82) is 0 Å². The largest absolute Gasteiger partial charge is 0.396 e. The number of hydrogen-bond donors (Lipinski definition) is 1. The van der Waals surface area contributed by atoms with E-state index in [4.69, 9.17) is 9.84 Å². The molecule has 0 bridgehead atoms. The van der Waals surface area contributed by atoms with Crippen LogP contribution in [0.2, 0.25) is 25.7 Å². The van der Waals surface area contributed by atoms with Gasteiger partial charge in [-0.3, -0.25) is 0 Å². The van der Waals surface area contributed by atoms with Crippen LogP contribution in [0.5, 0.6) is 0 Å². The molecule has 140 valence electrons. The molecular weight excluding hydrogens is 300 g/mol. The fourth-order valence-corrected chi connectivity index (χ4v) is 4.21. The average molecular weight is 345 g/mol. The van der Waals surface area contributed by atoms with Gasteiger partial charge < -0.3 is 9.84 Å². The average Bonchev–Trinajstić information content (AvgIpc) is 2.49. The third-order valence-electron chi connectivity index (χ3n) is 4.41. The molecule has 0 aromatic heterocycles. The number of aliphatic hydroxyl groups is 1. The molecule has 0 aliphatic heterocycles. The van der Waals surface area contributed by atoms with E-state index < -0.39 is 8.07 Å². The van der Waals surface area contributed by atoms with Crippen LogP contribution in [0.4, 0.5) is 0 Å². The van der Waals surface area contributed by atoms with Gasteiger partial charge in [-0.25, -0.2) is 0 Å². The molecule has 0 aliphatic carbocycles. The number of unbranched alkanes of at least 4 members (excludes halogenated alkanes) is 11. The predicted molar refractivity (Wildman–Crippen MR) is 106 cm³/mol. The first-order chi connectivity index (χ1) is 11.1. The van der Waals surface area contributed by atoms with Gasteiger partial charge in [-0.1, -0.05) is 96.3 Å².